The van der Waals surface area contributed by atoms with Gasteiger partial charge in [0.15, 0.2) is 0 Å². The van der Waals surface area contributed by atoms with Crippen molar-refractivity contribution in [2.24, 2.45) is 11.0 Å². The van der Waals surface area contributed by atoms with E-state index in [1.54, 1.807) is 0 Å². The van der Waals surface area contributed by atoms with Crippen molar-refractivity contribution < 1.29 is 0 Å². The van der Waals surface area contributed by atoms with Crippen molar-refractivity contribution in [3.05, 3.63) is 101 Å². The summed E-state index contributed by atoms with van der Waals surface area (Å²) in [7, 11) is 0. The van der Waals surface area contributed by atoms with Crippen LogP contribution in [0.5, 0.6) is 0 Å². The highest BCUT2D eigenvalue weighted by Crippen LogP contribution is 2.46. The molecule has 1 aliphatic carbocycles. The molecule has 0 bridgehead atoms. The summed E-state index contributed by atoms with van der Waals surface area (Å²) in [5.41, 5.74) is 6.15. The minimum atomic E-state index is 0.134. The lowest BCUT2D eigenvalue weighted by Gasteiger charge is -2.31. The Hall–Kier alpha value is -2.58. The number of fused-ring (bicyclic) bond motifs is 3. The van der Waals surface area contributed by atoms with Crippen molar-refractivity contribution >= 4 is 23.0 Å². The lowest BCUT2D eigenvalue weighted by Crippen LogP contribution is -2.29. The Balaban J connectivity index is 1.68. The van der Waals surface area contributed by atoms with E-state index in [0.717, 1.165) is 29.1 Å². The second kappa shape index (κ2) is 6.30. The van der Waals surface area contributed by atoms with Crippen LogP contribution in [0.4, 0.5) is 5.69 Å². The first-order chi connectivity index (χ1) is 12.8. The van der Waals surface area contributed by atoms with E-state index in [0.29, 0.717) is 5.92 Å². The summed E-state index contributed by atoms with van der Waals surface area (Å²) in [6.07, 6.45) is 2.18. The van der Waals surface area contributed by atoms with Gasteiger partial charge in [-0.15, -0.1) is 0 Å². The van der Waals surface area contributed by atoms with Gasteiger partial charge in [-0.2, -0.15) is 5.10 Å². The summed E-state index contributed by atoms with van der Waals surface area (Å²) in [5.74, 6) is 0.352. The molecule has 3 heteroatoms. The first-order valence-corrected chi connectivity index (χ1v) is 9.46. The Morgan fingerprint density at radius 2 is 1.58 bits per heavy atom. The van der Waals surface area contributed by atoms with Crippen molar-refractivity contribution in [1.29, 1.82) is 0 Å². The maximum absolute atomic E-state index is 6.61. The van der Waals surface area contributed by atoms with Gasteiger partial charge in [0.05, 0.1) is 17.4 Å². The molecule has 3 aromatic rings. The summed E-state index contributed by atoms with van der Waals surface area (Å²) < 4.78 is 0. The second-order valence-electron chi connectivity index (χ2n) is 6.93. The van der Waals surface area contributed by atoms with Crippen LogP contribution in [0.25, 0.3) is 0 Å². The minimum Gasteiger partial charge on any atom is -0.257 e. The molecular weight excluding hydrogens is 340 g/mol. The molecule has 26 heavy (non-hydrogen) atoms. The van der Waals surface area contributed by atoms with Gasteiger partial charge >= 0.3 is 0 Å². The first-order valence-electron chi connectivity index (χ1n) is 9.08. The zero-order valence-corrected chi connectivity index (χ0v) is 15.1. The third-order valence-electron chi connectivity index (χ3n) is 5.47. The van der Waals surface area contributed by atoms with E-state index in [9.17, 15) is 0 Å². The Bertz CT molecular complexity index is 980. The molecule has 2 aliphatic rings. The molecule has 0 amide bonds. The van der Waals surface area contributed by atoms with Crippen molar-refractivity contribution in [3.8, 4) is 0 Å². The van der Waals surface area contributed by atoms with Gasteiger partial charge in [-0.05, 0) is 42.2 Å². The van der Waals surface area contributed by atoms with E-state index in [1.165, 1.54) is 16.8 Å². The lowest BCUT2D eigenvalue weighted by molar-refractivity contribution is 0.510. The van der Waals surface area contributed by atoms with Gasteiger partial charge in [0, 0.05) is 16.5 Å². The van der Waals surface area contributed by atoms with Gasteiger partial charge in [0.25, 0.3) is 0 Å². The number of hydrazone groups is 1. The molecular formula is C23H19ClN2. The van der Waals surface area contributed by atoms with E-state index >= 15 is 0 Å². The SMILES string of the molecule is Clc1ccccc1C1C2CCc3ccccc3C2=NN1c1ccccc1. The topological polar surface area (TPSA) is 15.6 Å². The predicted octanol–water partition coefficient (Wildman–Crippen LogP) is 5.87. The van der Waals surface area contributed by atoms with Crippen LogP contribution in [0.1, 0.15) is 29.2 Å². The van der Waals surface area contributed by atoms with Crippen LogP contribution in [0.2, 0.25) is 5.02 Å². The van der Waals surface area contributed by atoms with Gasteiger partial charge in [0.1, 0.15) is 0 Å². The predicted molar refractivity (Wildman–Crippen MR) is 108 cm³/mol. The fraction of sp³-hybridized carbons (Fsp3) is 0.174. The number of aryl methyl sites for hydroxylation is 1. The maximum Gasteiger partial charge on any atom is 0.0874 e. The summed E-state index contributed by atoms with van der Waals surface area (Å²) in [4.78, 5) is 0. The molecule has 0 saturated carbocycles. The number of hydrogen-bond acceptors (Lipinski definition) is 2. The fourth-order valence-electron chi connectivity index (χ4n) is 4.28. The van der Waals surface area contributed by atoms with Gasteiger partial charge in [-0.3, -0.25) is 5.01 Å². The number of anilines is 1. The molecule has 0 spiro atoms. The molecule has 128 valence electrons. The van der Waals surface area contributed by atoms with Crippen LogP contribution in [0, 0.1) is 5.92 Å². The monoisotopic (exact) mass is 358 g/mol. The fourth-order valence-corrected chi connectivity index (χ4v) is 4.53. The van der Waals surface area contributed by atoms with Crippen LogP contribution in [-0.4, -0.2) is 5.71 Å². The second-order valence-corrected chi connectivity index (χ2v) is 7.34. The van der Waals surface area contributed by atoms with Crippen LogP contribution in [-0.2, 0) is 6.42 Å². The third-order valence-corrected chi connectivity index (χ3v) is 5.82. The number of rotatable bonds is 2. The molecule has 1 heterocycles. The Labute approximate surface area is 158 Å². The molecule has 3 aromatic carbocycles. The first kappa shape index (κ1) is 15.7. The zero-order valence-electron chi connectivity index (χ0n) is 14.3. The lowest BCUT2D eigenvalue weighted by atomic mass is 9.77. The average Bonchev–Trinajstić information content (AvgIpc) is 3.09. The van der Waals surface area contributed by atoms with Gasteiger partial charge < -0.3 is 0 Å². The highest BCUT2D eigenvalue weighted by molar-refractivity contribution is 6.31. The molecule has 2 unspecified atom stereocenters. The Kier molecular flexibility index (Phi) is 3.79. The van der Waals surface area contributed by atoms with Crippen molar-refractivity contribution in [1.82, 2.24) is 0 Å². The quantitative estimate of drug-likeness (QED) is 0.559. The Morgan fingerprint density at radius 1 is 0.846 bits per heavy atom. The number of halogens is 1. The minimum absolute atomic E-state index is 0.134. The maximum atomic E-state index is 6.61. The summed E-state index contributed by atoms with van der Waals surface area (Å²) in [5, 5.41) is 8.10. The average molecular weight is 359 g/mol. The number of para-hydroxylation sites is 1. The third kappa shape index (κ3) is 2.45. The van der Waals surface area contributed by atoms with Gasteiger partial charge in [-0.1, -0.05) is 72.3 Å². The van der Waals surface area contributed by atoms with Crippen LogP contribution in [0.15, 0.2) is 84.0 Å². The van der Waals surface area contributed by atoms with E-state index in [1.807, 2.05) is 18.2 Å². The zero-order chi connectivity index (χ0) is 17.5. The van der Waals surface area contributed by atoms with Crippen LogP contribution < -0.4 is 5.01 Å². The largest absolute Gasteiger partial charge is 0.257 e. The number of benzene rings is 3. The summed E-state index contributed by atoms with van der Waals surface area (Å²) in [6, 6.07) is 27.4. The summed E-state index contributed by atoms with van der Waals surface area (Å²) >= 11 is 6.61. The van der Waals surface area contributed by atoms with Gasteiger partial charge in [0.2, 0.25) is 0 Å². The summed E-state index contributed by atoms with van der Waals surface area (Å²) in [6.45, 7) is 0. The normalized spacial score (nSPS) is 21.1. The molecule has 0 fully saturated rings. The molecule has 0 aromatic heterocycles. The molecule has 2 nitrogen and oxygen atoms in total. The van der Waals surface area contributed by atoms with Crippen molar-refractivity contribution in [3.63, 3.8) is 0 Å². The number of hydrogen-bond donors (Lipinski definition) is 0. The Morgan fingerprint density at radius 3 is 2.42 bits per heavy atom. The van der Waals surface area contributed by atoms with Crippen molar-refractivity contribution in [2.45, 2.75) is 18.9 Å². The molecule has 5 rings (SSSR count). The highest BCUT2D eigenvalue weighted by atomic mass is 35.5. The van der Waals surface area contributed by atoms with E-state index < -0.39 is 0 Å². The van der Waals surface area contributed by atoms with Gasteiger partial charge in [-0.25, -0.2) is 0 Å². The molecule has 0 N–H and O–H groups in total. The van der Waals surface area contributed by atoms with E-state index in [-0.39, 0.29) is 6.04 Å². The highest BCUT2D eigenvalue weighted by Gasteiger charge is 2.42. The molecule has 2 atom stereocenters. The molecule has 0 radical (unpaired) electrons. The smallest absolute Gasteiger partial charge is 0.0874 e. The van der Waals surface area contributed by atoms with E-state index in [2.05, 4.69) is 65.7 Å². The number of nitrogens with zero attached hydrogens (tertiary/aromatic N) is 2. The van der Waals surface area contributed by atoms with Crippen molar-refractivity contribution in [2.75, 3.05) is 5.01 Å². The van der Waals surface area contributed by atoms with Crippen LogP contribution in [0.3, 0.4) is 0 Å². The molecule has 0 saturated heterocycles. The standard InChI is InChI=1S/C23H19ClN2/c24-21-13-7-6-12-19(21)23-20-15-14-16-8-4-5-11-18(16)22(20)25-26(23)17-9-2-1-3-10-17/h1-13,20,23H,14-15H2. The molecule has 1 aliphatic heterocycles. The van der Waals surface area contributed by atoms with E-state index in [4.69, 9.17) is 16.7 Å². The van der Waals surface area contributed by atoms with Crippen LogP contribution >= 0.6 is 11.6 Å².